The van der Waals surface area contributed by atoms with Gasteiger partial charge in [0, 0.05) is 21.5 Å². The molecule has 144 valence electrons. The third kappa shape index (κ3) is 4.36. The second kappa shape index (κ2) is 8.54. The lowest BCUT2D eigenvalue weighted by Crippen LogP contribution is -2.10. The van der Waals surface area contributed by atoms with Gasteiger partial charge in [0.2, 0.25) is 0 Å². The Kier molecular flexibility index (Phi) is 5.68. The Balaban J connectivity index is 1.75. The summed E-state index contributed by atoms with van der Waals surface area (Å²) in [4.78, 5) is 2.26. The predicted molar refractivity (Wildman–Crippen MR) is 126 cm³/mol. The maximum atomic E-state index is 5.33. The lowest BCUT2D eigenvalue weighted by atomic mass is 10.0. The predicted octanol–water partition coefficient (Wildman–Crippen LogP) is 7.90. The molecule has 0 heterocycles. The molecular weight excluding hydrogens is 422 g/mol. The fourth-order valence-electron chi connectivity index (χ4n) is 3.39. The molecule has 4 aromatic carbocycles. The van der Waals surface area contributed by atoms with Crippen LogP contribution in [0.2, 0.25) is 0 Å². The second-order valence-electron chi connectivity index (χ2n) is 6.93. The van der Waals surface area contributed by atoms with Crippen molar-refractivity contribution in [2.24, 2.45) is 0 Å². The molecule has 0 fully saturated rings. The Morgan fingerprint density at radius 1 is 0.655 bits per heavy atom. The minimum absolute atomic E-state index is 0.850. The van der Waals surface area contributed by atoms with Crippen molar-refractivity contribution >= 4 is 33.0 Å². The lowest BCUT2D eigenvalue weighted by molar-refractivity contribution is 0.415. The zero-order valence-electron chi connectivity index (χ0n) is 16.5. The summed E-state index contributed by atoms with van der Waals surface area (Å²) in [7, 11) is 1.69. The van der Waals surface area contributed by atoms with Gasteiger partial charge in [-0.25, -0.2) is 0 Å². The van der Waals surface area contributed by atoms with E-state index in [0.29, 0.717) is 0 Å². The van der Waals surface area contributed by atoms with E-state index in [-0.39, 0.29) is 0 Å². The number of ether oxygens (including phenoxy) is 1. The van der Waals surface area contributed by atoms with Crippen LogP contribution in [0.5, 0.6) is 5.75 Å². The number of hydrogen-bond donors (Lipinski definition) is 0. The number of benzene rings is 4. The molecule has 3 heteroatoms. The molecule has 29 heavy (non-hydrogen) atoms. The molecule has 2 nitrogen and oxygen atoms in total. The fraction of sp³-hybridized carbons (Fsp3) is 0.0769. The summed E-state index contributed by atoms with van der Waals surface area (Å²) in [6, 6.07) is 33.8. The van der Waals surface area contributed by atoms with E-state index in [1.165, 1.54) is 16.7 Å². The van der Waals surface area contributed by atoms with E-state index in [9.17, 15) is 0 Å². The highest BCUT2D eigenvalue weighted by atomic mass is 79.9. The van der Waals surface area contributed by atoms with Crippen LogP contribution in [-0.2, 0) is 0 Å². The van der Waals surface area contributed by atoms with Gasteiger partial charge in [0.1, 0.15) is 5.75 Å². The fourth-order valence-corrected chi connectivity index (χ4v) is 3.66. The van der Waals surface area contributed by atoms with E-state index in [4.69, 9.17) is 4.74 Å². The van der Waals surface area contributed by atoms with Crippen molar-refractivity contribution in [3.63, 3.8) is 0 Å². The molecular formula is C26H22BrNO. The molecule has 0 saturated heterocycles. The molecule has 0 aromatic heterocycles. The molecule has 0 aliphatic carbocycles. The van der Waals surface area contributed by atoms with Gasteiger partial charge in [0.25, 0.3) is 0 Å². The number of methoxy groups -OCH3 is 1. The molecule has 4 aromatic rings. The van der Waals surface area contributed by atoms with E-state index in [1.54, 1.807) is 7.11 Å². The van der Waals surface area contributed by atoms with E-state index in [0.717, 1.165) is 27.3 Å². The SMILES string of the molecule is COc1ccc(N(c2ccc(-c3ccc(Br)cc3)cc2)c2cccc(C)c2)cc1. The Labute approximate surface area is 180 Å². The summed E-state index contributed by atoms with van der Waals surface area (Å²) in [5.74, 6) is 0.850. The van der Waals surface area contributed by atoms with Gasteiger partial charge in [-0.2, -0.15) is 0 Å². The smallest absolute Gasteiger partial charge is 0.119 e. The average molecular weight is 444 g/mol. The molecule has 0 N–H and O–H groups in total. The molecule has 0 radical (unpaired) electrons. The number of nitrogens with zero attached hydrogens (tertiary/aromatic N) is 1. The molecule has 0 amide bonds. The summed E-state index contributed by atoms with van der Waals surface area (Å²) in [6.07, 6.45) is 0. The van der Waals surface area contributed by atoms with Crippen LogP contribution in [0, 0.1) is 6.92 Å². The molecule has 0 bridgehead atoms. The number of aryl methyl sites for hydroxylation is 1. The zero-order valence-corrected chi connectivity index (χ0v) is 18.1. The number of anilines is 3. The molecule has 0 aliphatic rings. The molecule has 0 saturated carbocycles. The van der Waals surface area contributed by atoms with Gasteiger partial charge >= 0.3 is 0 Å². The summed E-state index contributed by atoms with van der Waals surface area (Å²) in [5.41, 5.74) is 6.96. The first kappa shape index (κ1) is 19.3. The van der Waals surface area contributed by atoms with Crippen molar-refractivity contribution in [2.75, 3.05) is 12.0 Å². The Hall–Kier alpha value is -3.04. The van der Waals surface area contributed by atoms with Crippen molar-refractivity contribution < 1.29 is 4.74 Å². The first-order valence-electron chi connectivity index (χ1n) is 9.51. The minimum atomic E-state index is 0.850. The Morgan fingerprint density at radius 2 is 1.21 bits per heavy atom. The molecule has 0 atom stereocenters. The van der Waals surface area contributed by atoms with Crippen molar-refractivity contribution in [2.45, 2.75) is 6.92 Å². The molecule has 0 unspecified atom stereocenters. The molecule has 0 spiro atoms. The van der Waals surface area contributed by atoms with E-state index < -0.39 is 0 Å². The zero-order chi connectivity index (χ0) is 20.2. The monoisotopic (exact) mass is 443 g/mol. The van der Waals surface area contributed by atoms with Crippen LogP contribution >= 0.6 is 15.9 Å². The van der Waals surface area contributed by atoms with Crippen molar-refractivity contribution in [3.8, 4) is 16.9 Å². The first-order valence-corrected chi connectivity index (χ1v) is 10.3. The Morgan fingerprint density at radius 3 is 1.76 bits per heavy atom. The van der Waals surface area contributed by atoms with Gasteiger partial charge in [0.15, 0.2) is 0 Å². The summed E-state index contributed by atoms with van der Waals surface area (Å²) in [5, 5.41) is 0. The van der Waals surface area contributed by atoms with E-state index >= 15 is 0 Å². The Bertz CT molecular complexity index is 1090. The van der Waals surface area contributed by atoms with Crippen molar-refractivity contribution in [1.82, 2.24) is 0 Å². The highest BCUT2D eigenvalue weighted by Gasteiger charge is 2.13. The van der Waals surface area contributed by atoms with Crippen molar-refractivity contribution in [3.05, 3.63) is 107 Å². The highest BCUT2D eigenvalue weighted by molar-refractivity contribution is 9.10. The average Bonchev–Trinajstić information content (AvgIpc) is 2.76. The van der Waals surface area contributed by atoms with Gasteiger partial charge in [-0.05, 0) is 84.3 Å². The largest absolute Gasteiger partial charge is 0.497 e. The quantitative estimate of drug-likeness (QED) is 0.310. The summed E-state index contributed by atoms with van der Waals surface area (Å²) < 4.78 is 6.42. The number of rotatable bonds is 5. The van der Waals surface area contributed by atoms with Gasteiger partial charge in [-0.1, -0.05) is 52.3 Å². The van der Waals surface area contributed by atoms with Crippen LogP contribution in [-0.4, -0.2) is 7.11 Å². The second-order valence-corrected chi connectivity index (χ2v) is 7.84. The van der Waals surface area contributed by atoms with Crippen molar-refractivity contribution in [1.29, 1.82) is 0 Å². The number of hydrogen-bond acceptors (Lipinski definition) is 2. The van der Waals surface area contributed by atoms with Crippen LogP contribution in [0.1, 0.15) is 5.56 Å². The maximum Gasteiger partial charge on any atom is 0.119 e. The lowest BCUT2D eigenvalue weighted by Gasteiger charge is -2.26. The van der Waals surface area contributed by atoms with Crippen LogP contribution in [0.3, 0.4) is 0 Å². The summed E-state index contributed by atoms with van der Waals surface area (Å²) >= 11 is 3.50. The first-order chi connectivity index (χ1) is 14.1. The number of halogens is 1. The van der Waals surface area contributed by atoms with Gasteiger partial charge in [-0.3, -0.25) is 0 Å². The van der Waals surface area contributed by atoms with Gasteiger partial charge in [-0.15, -0.1) is 0 Å². The van der Waals surface area contributed by atoms with Crippen LogP contribution in [0.15, 0.2) is 102 Å². The van der Waals surface area contributed by atoms with Crippen LogP contribution in [0.4, 0.5) is 17.1 Å². The van der Waals surface area contributed by atoms with Crippen LogP contribution < -0.4 is 9.64 Å². The van der Waals surface area contributed by atoms with Crippen LogP contribution in [0.25, 0.3) is 11.1 Å². The molecule has 0 aliphatic heterocycles. The third-order valence-electron chi connectivity index (χ3n) is 4.89. The third-order valence-corrected chi connectivity index (χ3v) is 5.42. The van der Waals surface area contributed by atoms with E-state index in [1.807, 2.05) is 12.1 Å². The minimum Gasteiger partial charge on any atom is -0.497 e. The van der Waals surface area contributed by atoms with E-state index in [2.05, 4.69) is 113 Å². The normalized spacial score (nSPS) is 10.6. The molecule has 4 rings (SSSR count). The standard InChI is InChI=1S/C26H22BrNO/c1-19-4-3-5-25(18-19)28(24-14-16-26(29-2)17-15-24)23-12-8-21(9-13-23)20-6-10-22(27)11-7-20/h3-18H,1-2H3. The topological polar surface area (TPSA) is 12.5 Å². The maximum absolute atomic E-state index is 5.33. The van der Waals surface area contributed by atoms with Gasteiger partial charge in [0.05, 0.1) is 7.11 Å². The summed E-state index contributed by atoms with van der Waals surface area (Å²) in [6.45, 7) is 2.12. The van der Waals surface area contributed by atoms with Gasteiger partial charge < -0.3 is 9.64 Å². The highest BCUT2D eigenvalue weighted by Crippen LogP contribution is 2.36.